The van der Waals surface area contributed by atoms with E-state index in [9.17, 15) is 14.9 Å². The lowest BCUT2D eigenvalue weighted by Crippen LogP contribution is -2.24. The first-order valence-corrected chi connectivity index (χ1v) is 7.02. The molecule has 1 aromatic rings. The van der Waals surface area contributed by atoms with Gasteiger partial charge in [0.2, 0.25) is 0 Å². The van der Waals surface area contributed by atoms with Crippen LogP contribution in [0, 0.1) is 16.0 Å². The minimum absolute atomic E-state index is 0.0381. The average Bonchev–Trinajstić information content (AvgIpc) is 2.48. The SMILES string of the molecule is CCOC(=O)[C@@H]1CCC[C@H](c2ccc([N+](=O)[O-])cc2)C1. The van der Waals surface area contributed by atoms with Crippen LogP contribution >= 0.6 is 0 Å². The zero-order valence-corrected chi connectivity index (χ0v) is 11.6. The number of esters is 1. The Morgan fingerprint density at radius 3 is 2.65 bits per heavy atom. The maximum atomic E-state index is 11.8. The van der Waals surface area contributed by atoms with Crippen LogP contribution in [0.25, 0.3) is 0 Å². The molecule has 0 aliphatic heterocycles. The standard InChI is InChI=1S/C15H19NO4/c1-2-20-15(17)13-5-3-4-12(10-13)11-6-8-14(9-7-11)16(18)19/h6-9,12-13H,2-5,10H2,1H3/t12-,13+/m0/s1. The van der Waals surface area contributed by atoms with Gasteiger partial charge in [0.25, 0.3) is 5.69 Å². The molecule has 0 radical (unpaired) electrons. The number of ether oxygens (including phenoxy) is 1. The van der Waals surface area contributed by atoms with Gasteiger partial charge in [0.1, 0.15) is 0 Å². The molecule has 5 nitrogen and oxygen atoms in total. The van der Waals surface area contributed by atoms with Crippen LogP contribution in [0.2, 0.25) is 0 Å². The van der Waals surface area contributed by atoms with E-state index in [4.69, 9.17) is 4.74 Å². The molecule has 108 valence electrons. The molecule has 0 aromatic heterocycles. The summed E-state index contributed by atoms with van der Waals surface area (Å²) >= 11 is 0. The van der Waals surface area contributed by atoms with E-state index in [-0.39, 0.29) is 17.6 Å². The van der Waals surface area contributed by atoms with E-state index < -0.39 is 4.92 Å². The van der Waals surface area contributed by atoms with E-state index in [1.165, 1.54) is 12.1 Å². The van der Waals surface area contributed by atoms with E-state index in [1.54, 1.807) is 12.1 Å². The molecule has 0 bridgehead atoms. The van der Waals surface area contributed by atoms with Gasteiger partial charge >= 0.3 is 5.97 Å². The number of carbonyl (C=O) groups is 1. The van der Waals surface area contributed by atoms with Crippen molar-refractivity contribution in [2.75, 3.05) is 6.61 Å². The highest BCUT2D eigenvalue weighted by Gasteiger charge is 2.29. The first-order valence-electron chi connectivity index (χ1n) is 7.02. The molecule has 2 atom stereocenters. The van der Waals surface area contributed by atoms with Crippen molar-refractivity contribution in [3.8, 4) is 0 Å². The average molecular weight is 277 g/mol. The van der Waals surface area contributed by atoms with Gasteiger partial charge in [-0.25, -0.2) is 0 Å². The summed E-state index contributed by atoms with van der Waals surface area (Å²) in [5.74, 6) is 0.141. The summed E-state index contributed by atoms with van der Waals surface area (Å²) < 4.78 is 5.09. The van der Waals surface area contributed by atoms with Gasteiger partial charge in [-0.05, 0) is 37.7 Å². The first kappa shape index (κ1) is 14.5. The van der Waals surface area contributed by atoms with Crippen molar-refractivity contribution in [2.45, 2.75) is 38.5 Å². The van der Waals surface area contributed by atoms with Gasteiger partial charge in [0.05, 0.1) is 17.4 Å². The van der Waals surface area contributed by atoms with Gasteiger partial charge in [-0.2, -0.15) is 0 Å². The van der Waals surface area contributed by atoms with Gasteiger partial charge in [-0.1, -0.05) is 18.6 Å². The molecule has 0 N–H and O–H groups in total. The Morgan fingerprint density at radius 1 is 1.35 bits per heavy atom. The third kappa shape index (κ3) is 3.35. The van der Waals surface area contributed by atoms with E-state index >= 15 is 0 Å². The minimum Gasteiger partial charge on any atom is -0.466 e. The molecular formula is C15H19NO4. The summed E-state index contributed by atoms with van der Waals surface area (Å²) in [4.78, 5) is 22.1. The van der Waals surface area contributed by atoms with Crippen molar-refractivity contribution in [3.63, 3.8) is 0 Å². The van der Waals surface area contributed by atoms with Crippen molar-refractivity contribution in [2.24, 2.45) is 5.92 Å². The van der Waals surface area contributed by atoms with Gasteiger partial charge in [0.15, 0.2) is 0 Å². The number of benzene rings is 1. The van der Waals surface area contributed by atoms with Crippen LogP contribution in [0.4, 0.5) is 5.69 Å². The lowest BCUT2D eigenvalue weighted by molar-refractivity contribution is -0.384. The fraction of sp³-hybridized carbons (Fsp3) is 0.533. The summed E-state index contributed by atoms with van der Waals surface area (Å²) in [6, 6.07) is 6.67. The van der Waals surface area contributed by atoms with Crippen molar-refractivity contribution in [1.82, 2.24) is 0 Å². The van der Waals surface area contributed by atoms with Gasteiger partial charge in [0, 0.05) is 12.1 Å². The molecule has 0 saturated heterocycles. The predicted octanol–water partition coefficient (Wildman–Crippen LogP) is 3.43. The number of hydrogen-bond donors (Lipinski definition) is 0. The largest absolute Gasteiger partial charge is 0.466 e. The van der Waals surface area contributed by atoms with Crippen LogP contribution in [0.15, 0.2) is 24.3 Å². The maximum Gasteiger partial charge on any atom is 0.308 e. The number of nitro groups is 1. The topological polar surface area (TPSA) is 69.4 Å². The summed E-state index contributed by atoms with van der Waals surface area (Å²) in [5, 5.41) is 10.6. The highest BCUT2D eigenvalue weighted by Crippen LogP contribution is 2.37. The zero-order valence-electron chi connectivity index (χ0n) is 11.6. The maximum absolute atomic E-state index is 11.8. The molecule has 0 unspecified atom stereocenters. The second-order valence-corrected chi connectivity index (χ2v) is 5.16. The third-order valence-corrected chi connectivity index (χ3v) is 3.87. The Hall–Kier alpha value is -1.91. The van der Waals surface area contributed by atoms with Crippen molar-refractivity contribution in [3.05, 3.63) is 39.9 Å². The third-order valence-electron chi connectivity index (χ3n) is 3.87. The molecule has 1 aromatic carbocycles. The summed E-state index contributed by atoms with van der Waals surface area (Å²) in [7, 11) is 0. The van der Waals surface area contributed by atoms with Crippen molar-refractivity contribution >= 4 is 11.7 Å². The number of non-ortho nitro benzene ring substituents is 1. The molecule has 1 aliphatic rings. The number of carbonyl (C=O) groups excluding carboxylic acids is 1. The van der Waals surface area contributed by atoms with E-state index in [0.29, 0.717) is 12.5 Å². The Bertz CT molecular complexity index is 483. The number of nitrogens with zero attached hydrogens (tertiary/aromatic N) is 1. The van der Waals surface area contributed by atoms with E-state index in [2.05, 4.69) is 0 Å². The summed E-state index contributed by atoms with van der Waals surface area (Å²) in [6.07, 6.45) is 3.66. The molecule has 20 heavy (non-hydrogen) atoms. The Labute approximate surface area is 118 Å². The number of nitro benzene ring substituents is 1. The van der Waals surface area contributed by atoms with Gasteiger partial charge < -0.3 is 4.74 Å². The van der Waals surface area contributed by atoms with Crippen LogP contribution in [-0.2, 0) is 9.53 Å². The molecule has 0 spiro atoms. The molecule has 2 rings (SSSR count). The number of rotatable bonds is 4. The van der Waals surface area contributed by atoms with Crippen molar-refractivity contribution in [1.29, 1.82) is 0 Å². The highest BCUT2D eigenvalue weighted by atomic mass is 16.6. The van der Waals surface area contributed by atoms with Gasteiger partial charge in [-0.3, -0.25) is 14.9 Å². The highest BCUT2D eigenvalue weighted by molar-refractivity contribution is 5.72. The Balaban J connectivity index is 2.04. The van der Waals surface area contributed by atoms with Crippen molar-refractivity contribution < 1.29 is 14.5 Å². The van der Waals surface area contributed by atoms with Crippen LogP contribution in [0.5, 0.6) is 0 Å². The van der Waals surface area contributed by atoms with E-state index in [1.807, 2.05) is 6.92 Å². The van der Waals surface area contributed by atoms with Crippen LogP contribution in [0.3, 0.4) is 0 Å². The smallest absolute Gasteiger partial charge is 0.308 e. The molecule has 1 saturated carbocycles. The molecule has 0 heterocycles. The molecule has 1 fully saturated rings. The fourth-order valence-electron chi connectivity index (χ4n) is 2.83. The molecule has 5 heteroatoms. The lowest BCUT2D eigenvalue weighted by Gasteiger charge is -2.28. The molecular weight excluding hydrogens is 258 g/mol. The van der Waals surface area contributed by atoms with Gasteiger partial charge in [-0.15, -0.1) is 0 Å². The first-order chi connectivity index (χ1) is 9.61. The summed E-state index contributed by atoms with van der Waals surface area (Å²) in [6.45, 7) is 2.23. The molecule has 0 amide bonds. The fourth-order valence-corrected chi connectivity index (χ4v) is 2.83. The Kier molecular flexibility index (Phi) is 4.71. The second kappa shape index (κ2) is 6.50. The lowest BCUT2D eigenvalue weighted by atomic mass is 9.78. The van der Waals surface area contributed by atoms with Crippen LogP contribution < -0.4 is 0 Å². The Morgan fingerprint density at radius 2 is 2.05 bits per heavy atom. The molecule has 1 aliphatic carbocycles. The number of hydrogen-bond acceptors (Lipinski definition) is 4. The second-order valence-electron chi connectivity index (χ2n) is 5.16. The summed E-state index contributed by atoms with van der Waals surface area (Å²) in [5.41, 5.74) is 1.18. The predicted molar refractivity (Wildman–Crippen MR) is 74.4 cm³/mol. The quantitative estimate of drug-likeness (QED) is 0.480. The minimum atomic E-state index is -0.397. The zero-order chi connectivity index (χ0) is 14.5. The van der Waals surface area contributed by atoms with Crippen LogP contribution in [-0.4, -0.2) is 17.5 Å². The normalized spacial score (nSPS) is 22.2. The van der Waals surface area contributed by atoms with Crippen LogP contribution in [0.1, 0.15) is 44.1 Å². The van der Waals surface area contributed by atoms with E-state index in [0.717, 1.165) is 31.2 Å². The monoisotopic (exact) mass is 277 g/mol.